The second kappa shape index (κ2) is 7.10. The number of aromatic nitrogens is 4. The summed E-state index contributed by atoms with van der Waals surface area (Å²) in [5.74, 6) is -0.0342. The first kappa shape index (κ1) is 19.0. The number of benzene rings is 1. The van der Waals surface area contributed by atoms with Crippen molar-refractivity contribution in [3.05, 3.63) is 52.1 Å². The van der Waals surface area contributed by atoms with Gasteiger partial charge in [0.05, 0.1) is 28.1 Å². The Kier molecular flexibility index (Phi) is 5.00. The van der Waals surface area contributed by atoms with Gasteiger partial charge in [-0.2, -0.15) is 5.10 Å². The highest BCUT2D eigenvalue weighted by molar-refractivity contribution is 5.97. The number of amides is 1. The highest BCUT2D eigenvalue weighted by Gasteiger charge is 2.19. The molecule has 2 aromatic heterocycles. The fourth-order valence-corrected chi connectivity index (χ4v) is 3.32. The Morgan fingerprint density at radius 1 is 1.04 bits per heavy atom. The van der Waals surface area contributed by atoms with E-state index in [2.05, 4.69) is 35.8 Å². The summed E-state index contributed by atoms with van der Waals surface area (Å²) in [5.41, 5.74) is 7.15. The third-order valence-corrected chi connectivity index (χ3v) is 5.03. The van der Waals surface area contributed by atoms with Gasteiger partial charge >= 0.3 is 0 Å². The quantitative estimate of drug-likeness (QED) is 0.703. The number of fused-ring (bicyclic) bond motifs is 1. The summed E-state index contributed by atoms with van der Waals surface area (Å²) >= 11 is 0. The van der Waals surface area contributed by atoms with E-state index in [1.807, 2.05) is 50.7 Å². The van der Waals surface area contributed by atoms with Crippen molar-refractivity contribution in [3.8, 4) is 0 Å². The summed E-state index contributed by atoms with van der Waals surface area (Å²) in [6.07, 6.45) is 0. The monoisotopic (exact) mass is 365 g/mol. The van der Waals surface area contributed by atoms with E-state index < -0.39 is 0 Å². The Hall–Kier alpha value is -2.76. The van der Waals surface area contributed by atoms with Gasteiger partial charge in [-0.25, -0.2) is 9.97 Å². The maximum absolute atomic E-state index is 13.0. The molecule has 3 aromatic rings. The molecule has 6 nitrogen and oxygen atoms in total. The first-order chi connectivity index (χ1) is 12.7. The van der Waals surface area contributed by atoms with Crippen LogP contribution >= 0.6 is 0 Å². The summed E-state index contributed by atoms with van der Waals surface area (Å²) in [6, 6.07) is 5.81. The molecule has 2 heterocycles. The van der Waals surface area contributed by atoms with Crippen molar-refractivity contribution in [2.24, 2.45) is 0 Å². The molecule has 27 heavy (non-hydrogen) atoms. The smallest absolute Gasteiger partial charge is 0.253 e. The number of carbonyl (C=O) groups is 1. The van der Waals surface area contributed by atoms with Crippen LogP contribution in [-0.2, 0) is 6.54 Å². The predicted octanol–water partition coefficient (Wildman–Crippen LogP) is 3.91. The van der Waals surface area contributed by atoms with Crippen LogP contribution in [0.3, 0.4) is 0 Å². The molecule has 0 N–H and O–H groups in total. The number of hydrogen-bond donors (Lipinski definition) is 0. The SMILES string of the molecule is Cc1nc2ccc(C(=O)N(C)Cc3c(C)nn(C(C)C)c3C)cc2nc1C. The van der Waals surface area contributed by atoms with Gasteiger partial charge < -0.3 is 4.90 Å². The van der Waals surface area contributed by atoms with Gasteiger partial charge in [0.1, 0.15) is 0 Å². The molecule has 0 radical (unpaired) electrons. The number of hydrogen-bond acceptors (Lipinski definition) is 4. The average molecular weight is 365 g/mol. The largest absolute Gasteiger partial charge is 0.337 e. The molecule has 1 amide bonds. The van der Waals surface area contributed by atoms with Gasteiger partial charge in [0.2, 0.25) is 0 Å². The summed E-state index contributed by atoms with van der Waals surface area (Å²) in [6.45, 7) is 12.7. The molecule has 0 saturated carbocycles. The predicted molar refractivity (Wildman–Crippen MR) is 107 cm³/mol. The van der Waals surface area contributed by atoms with E-state index in [-0.39, 0.29) is 5.91 Å². The van der Waals surface area contributed by atoms with Gasteiger partial charge in [0.15, 0.2) is 0 Å². The van der Waals surface area contributed by atoms with Crippen LogP contribution in [0.2, 0.25) is 0 Å². The highest BCUT2D eigenvalue weighted by Crippen LogP contribution is 2.20. The third kappa shape index (κ3) is 3.56. The second-order valence-corrected chi connectivity index (χ2v) is 7.45. The van der Waals surface area contributed by atoms with E-state index in [1.54, 1.807) is 4.90 Å². The van der Waals surface area contributed by atoms with E-state index in [9.17, 15) is 4.79 Å². The molecule has 142 valence electrons. The summed E-state index contributed by atoms with van der Waals surface area (Å²) in [5, 5.41) is 4.61. The molecule has 0 atom stereocenters. The van der Waals surface area contributed by atoms with Crippen LogP contribution in [0.1, 0.15) is 58.6 Å². The maximum Gasteiger partial charge on any atom is 0.253 e. The molecule has 1 aromatic carbocycles. The van der Waals surface area contributed by atoms with E-state index in [1.165, 1.54) is 0 Å². The Morgan fingerprint density at radius 2 is 1.67 bits per heavy atom. The lowest BCUT2D eigenvalue weighted by Crippen LogP contribution is -2.26. The summed E-state index contributed by atoms with van der Waals surface area (Å²) < 4.78 is 2.01. The average Bonchev–Trinajstić information content (AvgIpc) is 2.90. The number of carbonyl (C=O) groups excluding carboxylic acids is 1. The molecular weight excluding hydrogens is 338 g/mol. The van der Waals surface area contributed by atoms with Gasteiger partial charge in [-0.1, -0.05) is 0 Å². The maximum atomic E-state index is 13.0. The van der Waals surface area contributed by atoms with Gasteiger partial charge in [0, 0.05) is 36.5 Å². The van der Waals surface area contributed by atoms with E-state index in [4.69, 9.17) is 0 Å². The van der Waals surface area contributed by atoms with Crippen molar-refractivity contribution in [1.29, 1.82) is 0 Å². The number of aryl methyl sites for hydroxylation is 3. The molecule has 0 aliphatic heterocycles. The molecule has 0 unspecified atom stereocenters. The van der Waals surface area contributed by atoms with Crippen molar-refractivity contribution in [2.45, 2.75) is 54.1 Å². The standard InChI is InChI=1S/C21H27N5O/c1-12(2)26-16(6)18(15(5)24-26)11-25(7)21(27)17-8-9-19-20(10-17)23-14(4)13(3)22-19/h8-10,12H,11H2,1-7H3. The lowest BCUT2D eigenvalue weighted by atomic mass is 10.1. The van der Waals surface area contributed by atoms with Crippen molar-refractivity contribution in [2.75, 3.05) is 7.05 Å². The fraction of sp³-hybridized carbons (Fsp3) is 0.429. The number of nitrogens with zero attached hydrogens (tertiary/aromatic N) is 5. The molecule has 0 aliphatic carbocycles. The van der Waals surface area contributed by atoms with Crippen molar-refractivity contribution < 1.29 is 4.79 Å². The van der Waals surface area contributed by atoms with Crippen LogP contribution in [0.4, 0.5) is 0 Å². The fourth-order valence-electron chi connectivity index (χ4n) is 3.32. The third-order valence-electron chi connectivity index (χ3n) is 5.03. The molecule has 0 saturated heterocycles. The van der Waals surface area contributed by atoms with Crippen LogP contribution < -0.4 is 0 Å². The first-order valence-electron chi connectivity index (χ1n) is 9.24. The van der Waals surface area contributed by atoms with Gasteiger partial charge in [0.25, 0.3) is 5.91 Å². The van der Waals surface area contributed by atoms with E-state index in [0.717, 1.165) is 39.4 Å². The van der Waals surface area contributed by atoms with Gasteiger partial charge in [-0.05, 0) is 59.7 Å². The second-order valence-electron chi connectivity index (χ2n) is 7.45. The van der Waals surface area contributed by atoms with Crippen LogP contribution in [0, 0.1) is 27.7 Å². The molecular formula is C21H27N5O. The zero-order valence-corrected chi connectivity index (χ0v) is 17.2. The van der Waals surface area contributed by atoms with Crippen LogP contribution in [0.25, 0.3) is 11.0 Å². The van der Waals surface area contributed by atoms with Crippen molar-refractivity contribution >= 4 is 16.9 Å². The Morgan fingerprint density at radius 3 is 2.26 bits per heavy atom. The van der Waals surface area contributed by atoms with Crippen LogP contribution in [-0.4, -0.2) is 37.6 Å². The zero-order chi connectivity index (χ0) is 19.9. The van der Waals surface area contributed by atoms with E-state index in [0.29, 0.717) is 18.2 Å². The Balaban J connectivity index is 1.88. The van der Waals surface area contributed by atoms with Crippen molar-refractivity contribution in [1.82, 2.24) is 24.6 Å². The van der Waals surface area contributed by atoms with E-state index >= 15 is 0 Å². The van der Waals surface area contributed by atoms with Crippen LogP contribution in [0.15, 0.2) is 18.2 Å². The van der Waals surface area contributed by atoms with Crippen LogP contribution in [0.5, 0.6) is 0 Å². The Labute approximate surface area is 160 Å². The molecule has 0 spiro atoms. The lowest BCUT2D eigenvalue weighted by Gasteiger charge is -2.18. The molecule has 0 fully saturated rings. The molecule has 0 aliphatic rings. The van der Waals surface area contributed by atoms with Gasteiger partial charge in [-0.3, -0.25) is 9.48 Å². The first-order valence-corrected chi connectivity index (χ1v) is 9.24. The topological polar surface area (TPSA) is 63.9 Å². The summed E-state index contributed by atoms with van der Waals surface area (Å²) in [4.78, 5) is 23.8. The minimum Gasteiger partial charge on any atom is -0.337 e. The lowest BCUT2D eigenvalue weighted by molar-refractivity contribution is 0.0785. The highest BCUT2D eigenvalue weighted by atomic mass is 16.2. The van der Waals surface area contributed by atoms with Gasteiger partial charge in [-0.15, -0.1) is 0 Å². The minimum absolute atomic E-state index is 0.0342. The Bertz CT molecular complexity index is 1020. The minimum atomic E-state index is -0.0342. The normalized spacial score (nSPS) is 11.4. The molecule has 0 bridgehead atoms. The molecule has 3 rings (SSSR count). The number of rotatable bonds is 4. The zero-order valence-electron chi connectivity index (χ0n) is 17.2. The molecule has 6 heteroatoms. The summed E-state index contributed by atoms with van der Waals surface area (Å²) in [7, 11) is 1.82. The van der Waals surface area contributed by atoms with Crippen molar-refractivity contribution in [3.63, 3.8) is 0 Å².